The molecular weight excluding hydrogens is 390 g/mol. The largest absolute Gasteiger partial charge is 0.555 e. The highest BCUT2D eigenvalue weighted by atomic mass is 15.5. The smallest absolute Gasteiger partial charge is 0.0649 e. The van der Waals surface area contributed by atoms with Crippen molar-refractivity contribution in [1.29, 1.82) is 0 Å². The third kappa shape index (κ3) is 2.76. The minimum atomic E-state index is 0.0702. The van der Waals surface area contributed by atoms with E-state index < -0.39 is 0 Å². The number of rotatable bonds is 2. The first kappa shape index (κ1) is 20.8. The molecule has 0 saturated carbocycles. The Bertz CT molecular complexity index is 1250. The Balaban J connectivity index is 1.88. The topological polar surface area (TPSA) is 9.90 Å². The molecule has 0 radical (unpaired) electrons. The van der Waals surface area contributed by atoms with E-state index in [9.17, 15) is 0 Å². The Morgan fingerprint density at radius 3 is 1.12 bits per heavy atom. The lowest BCUT2D eigenvalue weighted by molar-refractivity contribution is -0.968. The maximum Gasteiger partial charge on any atom is 0.555 e. The quantitative estimate of drug-likeness (QED) is 0.452. The average Bonchev–Trinajstić information content (AvgIpc) is 3.10. The van der Waals surface area contributed by atoms with Crippen LogP contribution in [0.2, 0.25) is 0 Å². The van der Waals surface area contributed by atoms with E-state index in [0.717, 1.165) is 0 Å². The SMILES string of the molecule is CC1=[N+](c2c(C)cc(C)cc2C)C2[N+](c3c(C)cc(C)cc3C)=C(C)c3cc(C)cc1[n+]32. The fourth-order valence-corrected chi connectivity index (χ4v) is 6.16. The van der Waals surface area contributed by atoms with Crippen LogP contribution in [0.5, 0.6) is 0 Å². The highest BCUT2D eigenvalue weighted by Crippen LogP contribution is 2.39. The lowest BCUT2D eigenvalue weighted by Gasteiger charge is -2.11. The standard InChI is InChI=1S/C29H34N3/c1-16-10-19(4)27(20(5)11-16)30-23(8)25-14-18(3)15-26-24(9)31(29(30)32(25)26)28-21(6)12-17(2)13-22(28)7/h10-15,29H,1-9H3/q+3. The van der Waals surface area contributed by atoms with Crippen molar-refractivity contribution in [2.75, 3.05) is 0 Å². The zero-order valence-corrected chi connectivity index (χ0v) is 20.9. The Morgan fingerprint density at radius 1 is 0.469 bits per heavy atom. The average molecular weight is 425 g/mol. The molecular formula is C29H34N3+3. The highest BCUT2D eigenvalue weighted by molar-refractivity contribution is 5.97. The normalized spacial score (nSPS) is 15.3. The van der Waals surface area contributed by atoms with Gasteiger partial charge in [-0.05, 0) is 78.3 Å². The molecule has 3 nitrogen and oxygen atoms in total. The van der Waals surface area contributed by atoms with Crippen molar-refractivity contribution in [1.82, 2.24) is 0 Å². The van der Waals surface area contributed by atoms with Gasteiger partial charge >= 0.3 is 6.29 Å². The van der Waals surface area contributed by atoms with E-state index in [1.165, 1.54) is 73.1 Å². The van der Waals surface area contributed by atoms with Gasteiger partial charge in [0.2, 0.25) is 11.4 Å². The van der Waals surface area contributed by atoms with Crippen molar-refractivity contribution in [2.45, 2.75) is 68.6 Å². The van der Waals surface area contributed by atoms with Crippen LogP contribution in [0.3, 0.4) is 0 Å². The first-order valence-electron chi connectivity index (χ1n) is 11.6. The molecule has 3 aromatic rings. The van der Waals surface area contributed by atoms with Crippen LogP contribution in [0.25, 0.3) is 0 Å². The monoisotopic (exact) mass is 424 g/mol. The molecule has 0 bridgehead atoms. The summed E-state index contributed by atoms with van der Waals surface area (Å²) in [6.07, 6.45) is 0.0702. The van der Waals surface area contributed by atoms with Gasteiger partial charge in [-0.1, -0.05) is 24.8 Å². The number of nitrogens with zero attached hydrogens (tertiary/aromatic N) is 3. The predicted octanol–water partition coefficient (Wildman–Crippen LogP) is 5.92. The maximum absolute atomic E-state index is 2.57. The van der Waals surface area contributed by atoms with Gasteiger partial charge in [-0.15, -0.1) is 0 Å². The van der Waals surface area contributed by atoms with Gasteiger partial charge in [0.05, 0.1) is 0 Å². The molecule has 0 N–H and O–H groups in total. The van der Waals surface area contributed by atoms with Crippen LogP contribution in [0.15, 0.2) is 36.4 Å². The van der Waals surface area contributed by atoms with Crippen LogP contribution in [0.4, 0.5) is 11.4 Å². The van der Waals surface area contributed by atoms with E-state index in [4.69, 9.17) is 0 Å². The third-order valence-electron chi connectivity index (χ3n) is 7.16. The molecule has 0 spiro atoms. The number of benzene rings is 2. The second kappa shape index (κ2) is 6.96. The first-order valence-corrected chi connectivity index (χ1v) is 11.6. The van der Waals surface area contributed by atoms with Crippen LogP contribution in [-0.4, -0.2) is 20.6 Å². The van der Waals surface area contributed by atoms with E-state index >= 15 is 0 Å². The summed E-state index contributed by atoms with van der Waals surface area (Å²) in [5.41, 5.74) is 17.2. The summed E-state index contributed by atoms with van der Waals surface area (Å²) in [6.45, 7) is 20.1. The predicted molar refractivity (Wildman–Crippen MR) is 131 cm³/mol. The molecule has 5 rings (SSSR count). The molecule has 0 aliphatic carbocycles. The second-order valence-corrected chi connectivity index (χ2v) is 9.93. The molecule has 0 unspecified atom stereocenters. The van der Waals surface area contributed by atoms with Crippen LogP contribution >= 0.6 is 0 Å². The Morgan fingerprint density at radius 2 is 0.781 bits per heavy atom. The molecule has 162 valence electrons. The summed E-state index contributed by atoms with van der Waals surface area (Å²) < 4.78 is 7.67. The Kier molecular flexibility index (Phi) is 4.53. The number of aryl methyl sites for hydroxylation is 7. The lowest BCUT2D eigenvalue weighted by Crippen LogP contribution is -2.45. The number of hydrogen-bond acceptors (Lipinski definition) is 0. The fourth-order valence-electron chi connectivity index (χ4n) is 6.16. The van der Waals surface area contributed by atoms with Crippen LogP contribution in [-0.2, 0) is 0 Å². The van der Waals surface area contributed by atoms with Gasteiger partial charge in [-0.25, -0.2) is 0 Å². The minimum absolute atomic E-state index is 0.0702. The summed E-state index contributed by atoms with van der Waals surface area (Å²) in [5, 5.41) is 0. The molecule has 0 fully saturated rings. The van der Waals surface area contributed by atoms with Crippen LogP contribution in [0, 0.1) is 48.5 Å². The van der Waals surface area contributed by atoms with Crippen LogP contribution < -0.4 is 4.57 Å². The van der Waals surface area contributed by atoms with E-state index in [1.54, 1.807) is 0 Å². The fraction of sp³-hybridized carbons (Fsp3) is 0.345. The molecule has 2 aliphatic rings. The number of aromatic nitrogens is 1. The van der Waals surface area contributed by atoms with Gasteiger partial charge in [0, 0.05) is 48.2 Å². The van der Waals surface area contributed by atoms with E-state index in [0.29, 0.717) is 0 Å². The molecule has 32 heavy (non-hydrogen) atoms. The Hall–Kier alpha value is -3.07. The maximum atomic E-state index is 2.57. The highest BCUT2D eigenvalue weighted by Gasteiger charge is 2.62. The van der Waals surface area contributed by atoms with Gasteiger partial charge < -0.3 is 0 Å². The lowest BCUT2D eigenvalue weighted by atomic mass is 10.0. The van der Waals surface area contributed by atoms with Crippen molar-refractivity contribution in [2.24, 2.45) is 0 Å². The van der Waals surface area contributed by atoms with Gasteiger partial charge in [0.15, 0.2) is 0 Å². The zero-order chi connectivity index (χ0) is 23.1. The molecule has 3 heterocycles. The minimum Gasteiger partial charge on any atom is -0.0649 e. The number of hydrogen-bond donors (Lipinski definition) is 0. The molecule has 1 aromatic heterocycles. The van der Waals surface area contributed by atoms with E-state index in [2.05, 4.69) is 112 Å². The van der Waals surface area contributed by atoms with Gasteiger partial charge in [0.1, 0.15) is 0 Å². The second-order valence-electron chi connectivity index (χ2n) is 9.93. The zero-order valence-electron chi connectivity index (χ0n) is 20.9. The molecule has 0 amide bonds. The number of pyridine rings is 1. The summed E-state index contributed by atoms with van der Waals surface area (Å²) >= 11 is 0. The summed E-state index contributed by atoms with van der Waals surface area (Å²) in [4.78, 5) is 0. The van der Waals surface area contributed by atoms with Gasteiger partial charge in [0.25, 0.3) is 22.8 Å². The summed E-state index contributed by atoms with van der Waals surface area (Å²) in [7, 11) is 0. The van der Waals surface area contributed by atoms with Crippen LogP contribution in [0.1, 0.15) is 70.5 Å². The van der Waals surface area contributed by atoms with Crippen molar-refractivity contribution in [3.63, 3.8) is 0 Å². The third-order valence-corrected chi connectivity index (χ3v) is 7.16. The molecule has 0 atom stereocenters. The van der Waals surface area contributed by atoms with Gasteiger partial charge in [-0.2, -0.15) is 0 Å². The van der Waals surface area contributed by atoms with Gasteiger partial charge in [-0.3, -0.25) is 0 Å². The first-order chi connectivity index (χ1) is 15.1. The van der Waals surface area contributed by atoms with E-state index in [1.807, 2.05) is 0 Å². The van der Waals surface area contributed by atoms with Crippen molar-refractivity contribution < 1.29 is 13.7 Å². The Labute approximate surface area is 192 Å². The van der Waals surface area contributed by atoms with Crippen molar-refractivity contribution in [3.8, 4) is 0 Å². The van der Waals surface area contributed by atoms with Crippen molar-refractivity contribution >= 4 is 22.8 Å². The molecule has 3 heteroatoms. The molecule has 2 aliphatic heterocycles. The molecule has 2 aromatic carbocycles. The molecule has 0 saturated heterocycles. The summed E-state index contributed by atoms with van der Waals surface area (Å²) in [6, 6.07) is 13.9. The summed E-state index contributed by atoms with van der Waals surface area (Å²) in [5.74, 6) is 0. The van der Waals surface area contributed by atoms with Crippen molar-refractivity contribution in [3.05, 3.63) is 86.7 Å². The van der Waals surface area contributed by atoms with E-state index in [-0.39, 0.29) is 6.29 Å².